The summed E-state index contributed by atoms with van der Waals surface area (Å²) in [6, 6.07) is -0.397. The molecule has 3 N–H and O–H groups in total. The number of guanidine groups is 1. The van der Waals surface area contributed by atoms with Crippen LogP contribution in [0, 0.1) is 19.8 Å². The molecule has 150 valence electrons. The van der Waals surface area contributed by atoms with Crippen molar-refractivity contribution in [3.05, 3.63) is 15.6 Å². The van der Waals surface area contributed by atoms with Gasteiger partial charge in [0, 0.05) is 25.0 Å². The molecular formula is C17H27IN6O2S. The number of hydrogen-bond acceptors (Lipinski definition) is 5. The maximum atomic E-state index is 12.1. The fourth-order valence-electron chi connectivity index (χ4n) is 3.61. The third-order valence-corrected chi connectivity index (χ3v) is 6.44. The maximum absolute atomic E-state index is 12.1. The molecule has 0 bridgehead atoms. The Balaban J connectivity index is 0.00000261. The second-order valence-corrected chi connectivity index (χ2v) is 8.31. The van der Waals surface area contributed by atoms with Crippen molar-refractivity contribution in [3.8, 4) is 0 Å². The van der Waals surface area contributed by atoms with E-state index in [1.807, 2.05) is 13.8 Å². The van der Waals surface area contributed by atoms with Gasteiger partial charge in [-0.3, -0.25) is 15.1 Å². The van der Waals surface area contributed by atoms with E-state index in [2.05, 4.69) is 37.8 Å². The van der Waals surface area contributed by atoms with E-state index in [0.29, 0.717) is 6.54 Å². The van der Waals surface area contributed by atoms with Gasteiger partial charge in [0.05, 0.1) is 12.2 Å². The van der Waals surface area contributed by atoms with Crippen molar-refractivity contribution in [1.29, 1.82) is 0 Å². The van der Waals surface area contributed by atoms with Gasteiger partial charge < -0.3 is 15.5 Å². The summed E-state index contributed by atoms with van der Waals surface area (Å²) in [5, 5.41) is 9.57. The predicted octanol–water partition coefficient (Wildman–Crippen LogP) is 1.76. The minimum atomic E-state index is -0.809. The third-order valence-electron chi connectivity index (χ3n) is 5.37. The van der Waals surface area contributed by atoms with Gasteiger partial charge in [-0.05, 0) is 39.5 Å². The zero-order valence-corrected chi connectivity index (χ0v) is 19.2. The number of nitrogens with zero attached hydrogens (tertiary/aromatic N) is 3. The zero-order valence-electron chi connectivity index (χ0n) is 16.1. The first-order valence-corrected chi connectivity index (χ1v) is 9.67. The van der Waals surface area contributed by atoms with Gasteiger partial charge in [0.25, 0.3) is 5.91 Å². The Bertz CT molecular complexity index is 724. The van der Waals surface area contributed by atoms with Gasteiger partial charge in [0.15, 0.2) is 5.96 Å². The van der Waals surface area contributed by atoms with Crippen molar-refractivity contribution in [1.82, 2.24) is 25.8 Å². The Labute approximate surface area is 180 Å². The minimum Gasteiger partial charge on any atom is -0.350 e. The minimum absolute atomic E-state index is 0. The van der Waals surface area contributed by atoms with E-state index < -0.39 is 11.6 Å². The number of nitrogens with one attached hydrogen (secondary N) is 3. The molecule has 10 heteroatoms. The lowest BCUT2D eigenvalue weighted by molar-refractivity contribution is -0.125. The molecular weight excluding hydrogens is 479 g/mol. The van der Waals surface area contributed by atoms with E-state index in [1.54, 1.807) is 18.4 Å². The summed E-state index contributed by atoms with van der Waals surface area (Å²) >= 11 is 1.70. The average molecular weight is 506 g/mol. The van der Waals surface area contributed by atoms with Gasteiger partial charge in [-0.25, -0.2) is 9.78 Å². The van der Waals surface area contributed by atoms with Crippen LogP contribution in [0.2, 0.25) is 0 Å². The molecule has 1 aromatic rings. The van der Waals surface area contributed by atoms with Crippen LogP contribution in [0.15, 0.2) is 4.99 Å². The molecule has 2 saturated heterocycles. The van der Waals surface area contributed by atoms with Gasteiger partial charge in [-0.15, -0.1) is 35.3 Å². The summed E-state index contributed by atoms with van der Waals surface area (Å²) in [4.78, 5) is 36.0. The van der Waals surface area contributed by atoms with Crippen LogP contribution in [0.5, 0.6) is 0 Å². The average Bonchev–Trinajstić information content (AvgIpc) is 3.07. The summed E-state index contributed by atoms with van der Waals surface area (Å²) in [5.74, 6) is 0.740. The fraction of sp³-hybridized carbons (Fsp3) is 0.647. The van der Waals surface area contributed by atoms with Crippen LogP contribution in [0.4, 0.5) is 4.79 Å². The van der Waals surface area contributed by atoms with Crippen molar-refractivity contribution in [2.45, 2.75) is 45.7 Å². The first-order valence-electron chi connectivity index (χ1n) is 8.85. The van der Waals surface area contributed by atoms with Gasteiger partial charge in [0.1, 0.15) is 10.5 Å². The van der Waals surface area contributed by atoms with E-state index in [0.717, 1.165) is 42.6 Å². The van der Waals surface area contributed by atoms with Crippen LogP contribution in [0.1, 0.15) is 35.3 Å². The largest absolute Gasteiger partial charge is 0.350 e. The lowest BCUT2D eigenvalue weighted by atomic mass is 9.79. The number of thiazole rings is 1. The van der Waals surface area contributed by atoms with Crippen LogP contribution < -0.4 is 16.0 Å². The smallest absolute Gasteiger partial charge is 0.322 e. The van der Waals surface area contributed by atoms with Crippen LogP contribution in [0.3, 0.4) is 0 Å². The molecule has 27 heavy (non-hydrogen) atoms. The van der Waals surface area contributed by atoms with E-state index in [9.17, 15) is 9.59 Å². The Morgan fingerprint density at radius 3 is 2.52 bits per heavy atom. The van der Waals surface area contributed by atoms with Crippen molar-refractivity contribution < 1.29 is 9.59 Å². The number of hydrogen-bond donors (Lipinski definition) is 3. The highest BCUT2D eigenvalue weighted by Gasteiger charge is 2.48. The molecule has 8 nitrogen and oxygen atoms in total. The third kappa shape index (κ3) is 4.53. The molecule has 0 spiro atoms. The van der Waals surface area contributed by atoms with Gasteiger partial charge >= 0.3 is 6.03 Å². The summed E-state index contributed by atoms with van der Waals surface area (Å²) in [5.41, 5.74) is 0.267. The number of halogens is 1. The standard InChI is InChI=1S/C17H26N6O2S.HI/c1-10-11(2)26-13(20-10)9-19-15(18-4)23-7-5-12(6-8-23)17(3)14(24)21-16(25)22-17;/h12H,5-9H2,1-4H3,(H,18,19)(H2,21,22,24,25);1H. The molecule has 0 saturated carbocycles. The summed E-state index contributed by atoms with van der Waals surface area (Å²) in [6.45, 7) is 8.15. The molecule has 1 atom stereocenters. The summed E-state index contributed by atoms with van der Waals surface area (Å²) in [6.07, 6.45) is 1.64. The van der Waals surface area contributed by atoms with Gasteiger partial charge in [0.2, 0.25) is 0 Å². The molecule has 0 aliphatic carbocycles. The van der Waals surface area contributed by atoms with Gasteiger partial charge in [-0.1, -0.05) is 0 Å². The van der Waals surface area contributed by atoms with E-state index in [1.165, 1.54) is 4.88 Å². The number of aliphatic imine (C=N–C) groups is 1. The molecule has 2 fully saturated rings. The SMILES string of the molecule is CN=C(NCc1nc(C)c(C)s1)N1CCC(C2(C)NC(=O)NC2=O)CC1.I. The Morgan fingerprint density at radius 2 is 2.04 bits per heavy atom. The van der Waals surface area contributed by atoms with E-state index in [4.69, 9.17) is 0 Å². The predicted molar refractivity (Wildman–Crippen MR) is 117 cm³/mol. The van der Waals surface area contributed by atoms with E-state index in [-0.39, 0.29) is 35.8 Å². The highest BCUT2D eigenvalue weighted by Crippen LogP contribution is 2.30. The first-order chi connectivity index (χ1) is 12.3. The van der Waals surface area contributed by atoms with Crippen molar-refractivity contribution >= 4 is 53.2 Å². The number of aryl methyl sites for hydroxylation is 2. The number of piperidine rings is 1. The van der Waals surface area contributed by atoms with Crippen molar-refractivity contribution in [3.63, 3.8) is 0 Å². The zero-order chi connectivity index (χ0) is 18.9. The summed E-state index contributed by atoms with van der Waals surface area (Å²) < 4.78 is 0. The number of rotatable bonds is 3. The quantitative estimate of drug-likeness (QED) is 0.251. The van der Waals surface area contributed by atoms with Crippen LogP contribution in [0.25, 0.3) is 0 Å². The molecule has 2 aliphatic heterocycles. The number of imide groups is 1. The number of carbonyl (C=O) groups is 2. The maximum Gasteiger partial charge on any atom is 0.322 e. The molecule has 3 heterocycles. The monoisotopic (exact) mass is 506 g/mol. The Kier molecular flexibility index (Phi) is 7.06. The van der Waals surface area contributed by atoms with E-state index >= 15 is 0 Å². The molecule has 2 aliphatic rings. The molecule has 3 rings (SSSR count). The molecule has 0 aromatic carbocycles. The van der Waals surface area contributed by atoms with Gasteiger partial charge in [-0.2, -0.15) is 0 Å². The lowest BCUT2D eigenvalue weighted by Gasteiger charge is -2.39. The Morgan fingerprint density at radius 1 is 1.37 bits per heavy atom. The molecule has 1 unspecified atom stereocenters. The molecule has 3 amide bonds. The Hall–Kier alpha value is -1.43. The number of urea groups is 1. The number of carbonyl (C=O) groups excluding carboxylic acids is 2. The number of aromatic nitrogens is 1. The lowest BCUT2D eigenvalue weighted by Crippen LogP contribution is -2.55. The number of amides is 3. The highest BCUT2D eigenvalue weighted by molar-refractivity contribution is 14.0. The van der Waals surface area contributed by atoms with Crippen LogP contribution in [-0.4, -0.2) is 53.5 Å². The topological polar surface area (TPSA) is 98.7 Å². The van der Waals surface area contributed by atoms with Crippen molar-refractivity contribution in [2.24, 2.45) is 10.9 Å². The second-order valence-electron chi connectivity index (χ2n) is 7.02. The van der Waals surface area contributed by atoms with Crippen LogP contribution in [-0.2, 0) is 11.3 Å². The fourth-order valence-corrected chi connectivity index (χ4v) is 4.49. The number of likely N-dealkylation sites (tertiary alicyclic amines) is 1. The molecule has 1 aromatic heterocycles. The highest BCUT2D eigenvalue weighted by atomic mass is 127. The normalized spacial score (nSPS) is 23.7. The first kappa shape index (κ1) is 21.9. The van der Waals surface area contributed by atoms with Crippen LogP contribution >= 0.6 is 35.3 Å². The van der Waals surface area contributed by atoms with Crippen molar-refractivity contribution in [2.75, 3.05) is 20.1 Å². The second kappa shape index (κ2) is 8.72. The summed E-state index contributed by atoms with van der Waals surface area (Å²) in [7, 11) is 1.78. The molecule has 0 radical (unpaired) electrons.